The molecule has 1 heterocycles. The van der Waals surface area contributed by atoms with E-state index in [9.17, 15) is 4.79 Å². The first-order valence-corrected chi connectivity index (χ1v) is 3.28. The van der Waals surface area contributed by atoms with E-state index < -0.39 is 6.17 Å². The molecule has 6 heteroatoms. The van der Waals surface area contributed by atoms with Crippen LogP contribution in [0.4, 0.5) is 0 Å². The van der Waals surface area contributed by atoms with E-state index in [0.29, 0.717) is 6.61 Å². The van der Waals surface area contributed by atoms with Crippen LogP contribution in [-0.2, 0) is 9.53 Å². The summed E-state index contributed by atoms with van der Waals surface area (Å²) in [5.41, 5.74) is 0. The van der Waals surface area contributed by atoms with Crippen LogP contribution >= 0.6 is 0 Å². The van der Waals surface area contributed by atoms with Gasteiger partial charge in [-0.05, 0) is 17.4 Å². The van der Waals surface area contributed by atoms with Gasteiger partial charge in [0.05, 0.1) is 13.0 Å². The number of carbonyl (C=O) groups excluding carboxylic acids is 1. The van der Waals surface area contributed by atoms with Crippen molar-refractivity contribution in [1.82, 2.24) is 0 Å². The Kier molecular flexibility index (Phi) is 2.65. The SMILES string of the molecule is CCOC(=O)CC1N=NN=N1. The summed E-state index contributed by atoms with van der Waals surface area (Å²) in [4.78, 5) is 10.8. The van der Waals surface area contributed by atoms with Crippen molar-refractivity contribution in [2.24, 2.45) is 20.7 Å². The quantitative estimate of drug-likeness (QED) is 0.573. The van der Waals surface area contributed by atoms with E-state index in [1.54, 1.807) is 6.92 Å². The molecule has 1 aliphatic rings. The molecule has 0 saturated carbocycles. The van der Waals surface area contributed by atoms with E-state index in [-0.39, 0.29) is 12.4 Å². The topological polar surface area (TPSA) is 75.7 Å². The van der Waals surface area contributed by atoms with Crippen LogP contribution in [0.3, 0.4) is 0 Å². The van der Waals surface area contributed by atoms with E-state index in [2.05, 4.69) is 25.4 Å². The Morgan fingerprint density at radius 2 is 2.09 bits per heavy atom. The minimum atomic E-state index is -0.464. The average molecular weight is 156 g/mol. The summed E-state index contributed by atoms with van der Waals surface area (Å²) in [6, 6.07) is 0. The van der Waals surface area contributed by atoms with Crippen LogP contribution in [0.15, 0.2) is 20.7 Å². The zero-order valence-electron chi connectivity index (χ0n) is 6.10. The molecule has 0 spiro atoms. The molecule has 0 fully saturated rings. The summed E-state index contributed by atoms with van der Waals surface area (Å²) >= 11 is 0. The van der Waals surface area contributed by atoms with Gasteiger partial charge in [0.25, 0.3) is 0 Å². The van der Waals surface area contributed by atoms with Gasteiger partial charge in [-0.3, -0.25) is 4.79 Å². The zero-order valence-corrected chi connectivity index (χ0v) is 6.10. The number of carbonyl (C=O) groups is 1. The molecule has 6 nitrogen and oxygen atoms in total. The number of esters is 1. The summed E-state index contributed by atoms with van der Waals surface area (Å²) in [5.74, 6) is -0.322. The largest absolute Gasteiger partial charge is 0.466 e. The monoisotopic (exact) mass is 156 g/mol. The first-order valence-electron chi connectivity index (χ1n) is 3.28. The third-order valence-electron chi connectivity index (χ3n) is 1.06. The first-order chi connectivity index (χ1) is 5.33. The maximum atomic E-state index is 10.8. The molecule has 1 aliphatic heterocycles. The molecule has 0 aromatic heterocycles. The Morgan fingerprint density at radius 3 is 2.64 bits per heavy atom. The normalized spacial score (nSPS) is 15.7. The van der Waals surface area contributed by atoms with Crippen molar-refractivity contribution in [3.8, 4) is 0 Å². The van der Waals surface area contributed by atoms with Gasteiger partial charge in [0, 0.05) is 0 Å². The fourth-order valence-corrected chi connectivity index (χ4v) is 0.639. The Bertz CT molecular complexity index is 189. The predicted octanol–water partition coefficient (Wildman–Crippen LogP) is 1.10. The fraction of sp³-hybridized carbons (Fsp3) is 0.800. The van der Waals surface area contributed by atoms with Crippen molar-refractivity contribution in [3.63, 3.8) is 0 Å². The van der Waals surface area contributed by atoms with E-state index in [4.69, 9.17) is 0 Å². The van der Waals surface area contributed by atoms with E-state index in [1.807, 2.05) is 0 Å². The molecule has 0 unspecified atom stereocenters. The highest BCUT2D eigenvalue weighted by atomic mass is 16.5. The molecule has 0 aliphatic carbocycles. The van der Waals surface area contributed by atoms with Crippen molar-refractivity contribution in [1.29, 1.82) is 0 Å². The van der Waals surface area contributed by atoms with Crippen LogP contribution in [0.25, 0.3) is 0 Å². The second-order valence-electron chi connectivity index (χ2n) is 1.90. The van der Waals surface area contributed by atoms with Gasteiger partial charge in [0.15, 0.2) is 6.17 Å². The van der Waals surface area contributed by atoms with Gasteiger partial charge in [-0.25, -0.2) is 0 Å². The average Bonchev–Trinajstić information content (AvgIpc) is 2.40. The molecule has 0 N–H and O–H groups in total. The molecule has 60 valence electrons. The van der Waals surface area contributed by atoms with Crippen LogP contribution in [0, 0.1) is 0 Å². The summed E-state index contributed by atoms with van der Waals surface area (Å²) in [6.45, 7) is 2.12. The molecule has 0 radical (unpaired) electrons. The van der Waals surface area contributed by atoms with Crippen molar-refractivity contribution < 1.29 is 9.53 Å². The molecule has 0 saturated heterocycles. The molecule has 0 aromatic rings. The number of rotatable bonds is 3. The predicted molar refractivity (Wildman–Crippen MR) is 34.8 cm³/mol. The van der Waals surface area contributed by atoms with Gasteiger partial charge < -0.3 is 4.74 Å². The van der Waals surface area contributed by atoms with Gasteiger partial charge in [0.1, 0.15) is 0 Å². The molecule has 0 atom stereocenters. The lowest BCUT2D eigenvalue weighted by molar-refractivity contribution is -0.143. The number of hydrogen-bond donors (Lipinski definition) is 0. The first kappa shape index (κ1) is 7.77. The van der Waals surface area contributed by atoms with Gasteiger partial charge in [-0.1, -0.05) is 0 Å². The highest BCUT2D eigenvalue weighted by molar-refractivity contribution is 5.70. The highest BCUT2D eigenvalue weighted by Gasteiger charge is 2.15. The minimum Gasteiger partial charge on any atom is -0.466 e. The van der Waals surface area contributed by atoms with Gasteiger partial charge >= 0.3 is 5.97 Å². The van der Waals surface area contributed by atoms with Crippen LogP contribution in [-0.4, -0.2) is 18.7 Å². The Labute approximate surface area is 63.3 Å². The van der Waals surface area contributed by atoms with E-state index >= 15 is 0 Å². The van der Waals surface area contributed by atoms with Crippen LogP contribution in [0.5, 0.6) is 0 Å². The standard InChI is InChI=1S/C5H8N4O2/c1-2-11-5(10)3-4-6-8-9-7-4/h4H,2-3H2,1H3. The lowest BCUT2D eigenvalue weighted by atomic mass is 10.4. The van der Waals surface area contributed by atoms with Crippen molar-refractivity contribution >= 4 is 5.97 Å². The number of nitrogens with zero attached hydrogens (tertiary/aromatic N) is 4. The van der Waals surface area contributed by atoms with Crippen LogP contribution in [0.2, 0.25) is 0 Å². The summed E-state index contributed by atoms with van der Waals surface area (Å²) in [6.07, 6.45) is -0.338. The second kappa shape index (κ2) is 3.75. The molecular weight excluding hydrogens is 148 g/mol. The molecule has 1 rings (SSSR count). The van der Waals surface area contributed by atoms with Crippen molar-refractivity contribution in [2.45, 2.75) is 19.5 Å². The Morgan fingerprint density at radius 1 is 1.45 bits per heavy atom. The maximum Gasteiger partial charge on any atom is 0.310 e. The van der Waals surface area contributed by atoms with Gasteiger partial charge in [-0.15, -0.1) is 10.2 Å². The smallest absolute Gasteiger partial charge is 0.310 e. The third kappa shape index (κ3) is 2.40. The van der Waals surface area contributed by atoms with Crippen LogP contribution < -0.4 is 0 Å². The van der Waals surface area contributed by atoms with Gasteiger partial charge in [0.2, 0.25) is 0 Å². The summed E-state index contributed by atoms with van der Waals surface area (Å²) in [7, 11) is 0. The lowest BCUT2D eigenvalue weighted by Crippen LogP contribution is -2.10. The summed E-state index contributed by atoms with van der Waals surface area (Å²) in [5, 5.41) is 13.6. The maximum absolute atomic E-state index is 10.8. The molecular formula is C5H8N4O2. The van der Waals surface area contributed by atoms with Crippen LogP contribution in [0.1, 0.15) is 13.3 Å². The number of ether oxygens (including phenoxy) is 1. The lowest BCUT2D eigenvalue weighted by Gasteiger charge is -2.00. The zero-order chi connectivity index (χ0) is 8.10. The van der Waals surface area contributed by atoms with Gasteiger partial charge in [-0.2, -0.15) is 0 Å². The van der Waals surface area contributed by atoms with Crippen molar-refractivity contribution in [2.75, 3.05) is 6.61 Å². The van der Waals surface area contributed by atoms with Crippen molar-refractivity contribution in [3.05, 3.63) is 0 Å². The van der Waals surface area contributed by atoms with E-state index in [1.165, 1.54) is 0 Å². The Hall–Kier alpha value is -1.33. The van der Waals surface area contributed by atoms with E-state index in [0.717, 1.165) is 0 Å². The fourth-order valence-electron chi connectivity index (χ4n) is 0.639. The molecule has 11 heavy (non-hydrogen) atoms. The number of hydrogen-bond acceptors (Lipinski definition) is 6. The molecule has 0 bridgehead atoms. The summed E-state index contributed by atoms with van der Waals surface area (Å²) < 4.78 is 4.66. The second-order valence-corrected chi connectivity index (χ2v) is 1.90. The highest BCUT2D eigenvalue weighted by Crippen LogP contribution is 2.08. The third-order valence-corrected chi connectivity index (χ3v) is 1.06. The molecule has 0 amide bonds. The molecule has 0 aromatic carbocycles. The minimum absolute atomic E-state index is 0.126. The Balaban J connectivity index is 2.25.